The minimum atomic E-state index is -1.05. The van der Waals surface area contributed by atoms with Gasteiger partial charge in [-0.1, -0.05) is 12.1 Å². The summed E-state index contributed by atoms with van der Waals surface area (Å²) in [6.07, 6.45) is 2.84. The molecule has 0 aliphatic carbocycles. The number of nitrogens with two attached hydrogens (primary N) is 1. The summed E-state index contributed by atoms with van der Waals surface area (Å²) in [6, 6.07) is 9.24. The molecule has 7 nitrogen and oxygen atoms in total. The van der Waals surface area contributed by atoms with Crippen LogP contribution in [0.25, 0.3) is 0 Å². The third-order valence-corrected chi connectivity index (χ3v) is 2.15. The number of para-hydroxylation sites is 1. The number of aromatic nitrogens is 1. The number of hydrogen-bond acceptors (Lipinski definition) is 5. The highest BCUT2D eigenvalue weighted by Gasteiger charge is 2.08. The first-order valence-corrected chi connectivity index (χ1v) is 5.38. The lowest BCUT2D eigenvalue weighted by atomic mass is 10.2. The normalized spacial score (nSPS) is 9.05. The molecule has 0 aliphatic heterocycles. The summed E-state index contributed by atoms with van der Waals surface area (Å²) in [5.41, 5.74) is 0.285. The van der Waals surface area contributed by atoms with Crippen molar-refractivity contribution in [3.8, 4) is 5.75 Å². The van der Waals surface area contributed by atoms with Crippen molar-refractivity contribution >= 4 is 11.9 Å². The van der Waals surface area contributed by atoms with Crippen LogP contribution in [0, 0.1) is 0 Å². The average molecular weight is 276 g/mol. The summed E-state index contributed by atoms with van der Waals surface area (Å²) in [5, 5.41) is 16.9. The van der Waals surface area contributed by atoms with E-state index in [-0.39, 0.29) is 16.9 Å². The van der Waals surface area contributed by atoms with Gasteiger partial charge < -0.3 is 15.1 Å². The lowest BCUT2D eigenvalue weighted by molar-refractivity contribution is 0.0683. The summed E-state index contributed by atoms with van der Waals surface area (Å²) in [5.74, 6) is 3.00. The van der Waals surface area contributed by atoms with Crippen LogP contribution in [0.4, 0.5) is 0 Å². The minimum absolute atomic E-state index is 0.0648. The zero-order valence-corrected chi connectivity index (χ0v) is 10.3. The highest BCUT2D eigenvalue weighted by atomic mass is 16.6. The molecule has 1 aromatic carbocycles. The van der Waals surface area contributed by atoms with Gasteiger partial charge in [0.25, 0.3) is 0 Å². The largest absolute Gasteiger partial charge is 0.478 e. The fraction of sp³-hybridized carbons (Fsp3) is 0. The molecule has 0 aliphatic rings. The van der Waals surface area contributed by atoms with Gasteiger partial charge in [0.05, 0.1) is 5.56 Å². The predicted octanol–water partition coefficient (Wildman–Crippen LogP) is 1.42. The van der Waals surface area contributed by atoms with Crippen LogP contribution in [0.5, 0.6) is 5.75 Å². The maximum absolute atomic E-state index is 10.4. The van der Waals surface area contributed by atoms with E-state index in [4.69, 9.17) is 16.1 Å². The molecule has 20 heavy (non-hydrogen) atoms. The number of benzene rings is 1. The van der Waals surface area contributed by atoms with E-state index < -0.39 is 11.9 Å². The second-order valence-corrected chi connectivity index (χ2v) is 3.47. The SMILES string of the molecule is NOc1ccccc1C(=O)O.O=C(O)c1cccnc1. The fourth-order valence-electron chi connectivity index (χ4n) is 1.24. The maximum Gasteiger partial charge on any atom is 0.339 e. The maximum atomic E-state index is 10.4. The lowest BCUT2D eigenvalue weighted by Crippen LogP contribution is -2.07. The molecule has 0 unspecified atom stereocenters. The second kappa shape index (κ2) is 7.49. The van der Waals surface area contributed by atoms with Crippen LogP contribution in [0.1, 0.15) is 20.7 Å². The molecule has 2 aromatic rings. The van der Waals surface area contributed by atoms with Crippen molar-refractivity contribution in [3.63, 3.8) is 0 Å². The number of carboxylic acid groups (broad SMARTS) is 2. The van der Waals surface area contributed by atoms with E-state index in [0.717, 1.165) is 0 Å². The van der Waals surface area contributed by atoms with E-state index in [1.807, 2.05) is 0 Å². The van der Waals surface area contributed by atoms with E-state index in [9.17, 15) is 9.59 Å². The summed E-state index contributed by atoms with van der Waals surface area (Å²) in [4.78, 5) is 28.6. The Labute approximate surface area is 114 Å². The number of rotatable bonds is 3. The average Bonchev–Trinajstić information content (AvgIpc) is 2.48. The van der Waals surface area contributed by atoms with Gasteiger partial charge in [-0.2, -0.15) is 5.90 Å². The third-order valence-electron chi connectivity index (χ3n) is 2.15. The van der Waals surface area contributed by atoms with E-state index in [0.29, 0.717) is 0 Å². The van der Waals surface area contributed by atoms with E-state index >= 15 is 0 Å². The highest BCUT2D eigenvalue weighted by Crippen LogP contribution is 2.15. The van der Waals surface area contributed by atoms with Gasteiger partial charge in [-0.15, -0.1) is 0 Å². The number of carboxylic acids is 2. The Kier molecular flexibility index (Phi) is 5.67. The predicted molar refractivity (Wildman–Crippen MR) is 69.4 cm³/mol. The number of nitrogens with zero attached hydrogens (tertiary/aromatic N) is 1. The smallest absolute Gasteiger partial charge is 0.339 e. The summed E-state index contributed by atoms with van der Waals surface area (Å²) >= 11 is 0. The summed E-state index contributed by atoms with van der Waals surface area (Å²) in [6.45, 7) is 0. The zero-order chi connectivity index (χ0) is 15.0. The fourth-order valence-corrected chi connectivity index (χ4v) is 1.24. The number of pyridine rings is 1. The summed E-state index contributed by atoms with van der Waals surface area (Å²) < 4.78 is 0. The Morgan fingerprint density at radius 3 is 2.15 bits per heavy atom. The van der Waals surface area contributed by atoms with Crippen molar-refractivity contribution in [2.45, 2.75) is 0 Å². The third kappa shape index (κ3) is 4.39. The molecule has 0 saturated carbocycles. The van der Waals surface area contributed by atoms with Crippen LogP contribution in [0.15, 0.2) is 48.8 Å². The van der Waals surface area contributed by atoms with Crippen LogP contribution in [0.3, 0.4) is 0 Å². The summed E-state index contributed by atoms with van der Waals surface area (Å²) in [7, 11) is 0. The van der Waals surface area contributed by atoms with E-state index in [2.05, 4.69) is 9.82 Å². The molecule has 0 spiro atoms. The molecular weight excluding hydrogens is 264 g/mol. The van der Waals surface area contributed by atoms with Crippen LogP contribution < -0.4 is 10.7 Å². The number of aromatic carboxylic acids is 2. The van der Waals surface area contributed by atoms with Gasteiger partial charge in [0.1, 0.15) is 5.56 Å². The molecule has 0 amide bonds. The van der Waals surface area contributed by atoms with Crippen LogP contribution in [-0.2, 0) is 0 Å². The highest BCUT2D eigenvalue weighted by molar-refractivity contribution is 5.90. The first kappa shape index (κ1) is 15.1. The van der Waals surface area contributed by atoms with Crippen molar-refractivity contribution in [2.24, 2.45) is 5.90 Å². The second-order valence-electron chi connectivity index (χ2n) is 3.47. The quantitative estimate of drug-likeness (QED) is 0.724. The van der Waals surface area contributed by atoms with Gasteiger partial charge in [0.15, 0.2) is 5.75 Å². The van der Waals surface area contributed by atoms with Gasteiger partial charge in [-0.05, 0) is 24.3 Å². The Hall–Kier alpha value is -2.93. The molecule has 0 saturated heterocycles. The van der Waals surface area contributed by atoms with Crippen molar-refractivity contribution in [1.82, 2.24) is 4.98 Å². The zero-order valence-electron chi connectivity index (χ0n) is 10.3. The number of hydrogen-bond donors (Lipinski definition) is 3. The lowest BCUT2D eigenvalue weighted by Gasteiger charge is -2.00. The van der Waals surface area contributed by atoms with Crippen molar-refractivity contribution in [3.05, 3.63) is 59.9 Å². The van der Waals surface area contributed by atoms with Gasteiger partial charge in [0.2, 0.25) is 0 Å². The molecule has 4 N–H and O–H groups in total. The molecule has 0 bridgehead atoms. The van der Waals surface area contributed by atoms with Crippen LogP contribution in [-0.4, -0.2) is 27.1 Å². The Balaban J connectivity index is 0.000000204. The molecule has 0 atom stereocenters. The molecule has 0 fully saturated rings. The molecule has 2 rings (SSSR count). The van der Waals surface area contributed by atoms with E-state index in [1.54, 1.807) is 18.2 Å². The Morgan fingerprint density at radius 1 is 1.05 bits per heavy atom. The van der Waals surface area contributed by atoms with Crippen molar-refractivity contribution < 1.29 is 24.6 Å². The topological polar surface area (TPSA) is 123 Å². The van der Waals surface area contributed by atoms with E-state index in [1.165, 1.54) is 30.6 Å². The van der Waals surface area contributed by atoms with Gasteiger partial charge >= 0.3 is 11.9 Å². The van der Waals surface area contributed by atoms with Gasteiger partial charge in [-0.3, -0.25) is 4.98 Å². The standard InChI is InChI=1S/C7H7NO3.C6H5NO2/c8-11-6-4-2-1-3-5(6)7(9)10;8-6(9)5-2-1-3-7-4-5/h1-4H,8H2,(H,9,10);1-4H,(H,8,9). The molecule has 7 heteroatoms. The van der Waals surface area contributed by atoms with Crippen molar-refractivity contribution in [2.75, 3.05) is 0 Å². The van der Waals surface area contributed by atoms with Gasteiger partial charge in [0, 0.05) is 12.4 Å². The monoisotopic (exact) mass is 276 g/mol. The molecule has 0 radical (unpaired) electrons. The van der Waals surface area contributed by atoms with Crippen LogP contribution >= 0.6 is 0 Å². The van der Waals surface area contributed by atoms with Gasteiger partial charge in [-0.25, -0.2) is 9.59 Å². The molecule has 104 valence electrons. The van der Waals surface area contributed by atoms with Crippen molar-refractivity contribution in [1.29, 1.82) is 0 Å². The molecular formula is C13H12N2O5. The minimum Gasteiger partial charge on any atom is -0.478 e. The number of carbonyl (C=O) groups is 2. The first-order valence-electron chi connectivity index (χ1n) is 5.38. The molecule has 1 aromatic heterocycles. The Bertz CT molecular complexity index is 586. The Morgan fingerprint density at radius 2 is 1.75 bits per heavy atom. The van der Waals surface area contributed by atoms with Crippen LogP contribution in [0.2, 0.25) is 0 Å². The first-order chi connectivity index (χ1) is 9.56. The molecule has 1 heterocycles.